The highest BCUT2D eigenvalue weighted by atomic mass is 16.2. The number of fused-ring (bicyclic) bond motifs is 1. The van der Waals surface area contributed by atoms with Gasteiger partial charge >= 0.3 is 0 Å². The first kappa shape index (κ1) is 21.2. The van der Waals surface area contributed by atoms with Gasteiger partial charge in [-0.3, -0.25) is 9.48 Å². The smallest absolute Gasteiger partial charge is 0.247 e. The van der Waals surface area contributed by atoms with E-state index in [9.17, 15) is 4.79 Å². The van der Waals surface area contributed by atoms with Crippen molar-refractivity contribution in [3.8, 4) is 6.07 Å². The average molecular weight is 432 g/mol. The third kappa shape index (κ3) is 4.23. The van der Waals surface area contributed by atoms with E-state index in [-0.39, 0.29) is 17.9 Å². The molecule has 0 radical (unpaired) electrons. The van der Waals surface area contributed by atoms with Crippen molar-refractivity contribution in [2.24, 2.45) is 5.92 Å². The van der Waals surface area contributed by atoms with E-state index in [4.69, 9.17) is 5.26 Å². The van der Waals surface area contributed by atoms with Crippen LogP contribution in [0.2, 0.25) is 0 Å². The number of pyridine rings is 1. The van der Waals surface area contributed by atoms with Gasteiger partial charge in [-0.15, -0.1) is 0 Å². The van der Waals surface area contributed by atoms with E-state index in [1.165, 1.54) is 0 Å². The Morgan fingerprint density at radius 1 is 1.25 bits per heavy atom. The van der Waals surface area contributed by atoms with E-state index in [0.29, 0.717) is 41.9 Å². The molecule has 1 unspecified atom stereocenters. The van der Waals surface area contributed by atoms with Crippen molar-refractivity contribution in [2.75, 3.05) is 22.6 Å². The zero-order valence-corrected chi connectivity index (χ0v) is 18.5. The van der Waals surface area contributed by atoms with Crippen LogP contribution in [0, 0.1) is 24.2 Å². The number of aryl methyl sites for hydroxylation is 1. The number of nitriles is 1. The van der Waals surface area contributed by atoms with Gasteiger partial charge < -0.3 is 15.5 Å². The largest absolute Gasteiger partial charge is 0.350 e. The number of hydrogen-bond donors (Lipinski definition) is 2. The fourth-order valence-electron chi connectivity index (χ4n) is 3.83. The third-order valence-electron chi connectivity index (χ3n) is 5.39. The van der Waals surface area contributed by atoms with Crippen LogP contribution in [0.25, 0.3) is 0 Å². The zero-order valence-electron chi connectivity index (χ0n) is 18.5. The minimum Gasteiger partial charge on any atom is -0.350 e. The van der Waals surface area contributed by atoms with Crippen molar-refractivity contribution in [3.63, 3.8) is 0 Å². The summed E-state index contributed by atoms with van der Waals surface area (Å²) in [7, 11) is 1.89. The van der Waals surface area contributed by atoms with E-state index < -0.39 is 0 Å². The van der Waals surface area contributed by atoms with Crippen molar-refractivity contribution < 1.29 is 4.79 Å². The Morgan fingerprint density at radius 3 is 2.75 bits per heavy atom. The third-order valence-corrected chi connectivity index (χ3v) is 5.39. The summed E-state index contributed by atoms with van der Waals surface area (Å²) in [6.45, 7) is 6.97. The van der Waals surface area contributed by atoms with Gasteiger partial charge in [0, 0.05) is 31.5 Å². The Balaban J connectivity index is 1.45. The van der Waals surface area contributed by atoms with Crippen LogP contribution in [0.15, 0.2) is 30.7 Å². The number of carbonyl (C=O) groups is 1. The van der Waals surface area contributed by atoms with Crippen LogP contribution >= 0.6 is 0 Å². The molecule has 3 aromatic heterocycles. The van der Waals surface area contributed by atoms with Gasteiger partial charge in [0.1, 0.15) is 23.5 Å². The second-order valence-electron chi connectivity index (χ2n) is 8.18. The second-order valence-corrected chi connectivity index (χ2v) is 8.18. The summed E-state index contributed by atoms with van der Waals surface area (Å²) in [6.07, 6.45) is 5.41. The summed E-state index contributed by atoms with van der Waals surface area (Å²) in [4.78, 5) is 27.6. The van der Waals surface area contributed by atoms with Crippen LogP contribution in [0.5, 0.6) is 0 Å². The molecule has 0 fully saturated rings. The molecular formula is C22H25N9O. The number of rotatable bonds is 6. The normalized spacial score (nSPS) is 15.3. The summed E-state index contributed by atoms with van der Waals surface area (Å²) in [5.74, 6) is 1.32. The molecule has 1 atom stereocenters. The Hall–Kier alpha value is -4.00. The SMILES string of the molecule is Cc1nc(NCc2cnn(Cc3ccc(C#N)nc3)c2)nc2c1NC(=O)C(C(C)C)N2C. The van der Waals surface area contributed by atoms with Gasteiger partial charge in [0.25, 0.3) is 0 Å². The number of likely N-dealkylation sites (N-methyl/N-ethyl adjacent to an activating group) is 1. The molecule has 1 amide bonds. The molecule has 2 N–H and O–H groups in total. The number of anilines is 3. The van der Waals surface area contributed by atoms with E-state index in [0.717, 1.165) is 11.1 Å². The minimum atomic E-state index is -0.278. The molecule has 1 aliphatic heterocycles. The summed E-state index contributed by atoms with van der Waals surface area (Å²) < 4.78 is 1.82. The lowest BCUT2D eigenvalue weighted by Gasteiger charge is -2.36. The molecule has 32 heavy (non-hydrogen) atoms. The molecule has 3 aromatic rings. The Labute approximate surface area is 186 Å². The van der Waals surface area contributed by atoms with Crippen molar-refractivity contribution >= 4 is 23.4 Å². The molecule has 0 aromatic carbocycles. The molecule has 4 rings (SSSR count). The molecule has 0 spiro atoms. The molecule has 1 aliphatic rings. The maximum Gasteiger partial charge on any atom is 0.247 e. The van der Waals surface area contributed by atoms with E-state index in [1.54, 1.807) is 18.5 Å². The molecule has 0 bridgehead atoms. The Bertz CT molecular complexity index is 1180. The van der Waals surface area contributed by atoms with E-state index in [2.05, 4.69) is 30.7 Å². The summed E-state index contributed by atoms with van der Waals surface area (Å²) >= 11 is 0. The number of nitrogens with one attached hydrogen (secondary N) is 2. The fraction of sp³-hybridized carbons (Fsp3) is 0.364. The standard InChI is InChI=1S/C22H25N9O/c1-13(2)19-21(32)28-18-14(3)27-22(29-20(18)30(19)4)25-9-16-10-26-31(12-16)11-15-5-6-17(7-23)24-8-15/h5-6,8,10,12-13,19H,9,11H2,1-4H3,(H,28,32)(H,25,27,29). The first-order valence-corrected chi connectivity index (χ1v) is 10.4. The second kappa shape index (κ2) is 8.63. The van der Waals surface area contributed by atoms with E-state index in [1.807, 2.05) is 55.7 Å². The van der Waals surface area contributed by atoms with Crippen molar-refractivity contribution in [2.45, 2.75) is 39.9 Å². The van der Waals surface area contributed by atoms with Gasteiger partial charge in [0.2, 0.25) is 11.9 Å². The number of amides is 1. The van der Waals surface area contributed by atoms with Crippen molar-refractivity contribution in [3.05, 3.63) is 53.2 Å². The lowest BCUT2D eigenvalue weighted by Crippen LogP contribution is -2.49. The van der Waals surface area contributed by atoms with Gasteiger partial charge in [0.15, 0.2) is 5.82 Å². The number of carbonyl (C=O) groups excluding carboxylic acids is 1. The van der Waals surface area contributed by atoms with Gasteiger partial charge in [-0.2, -0.15) is 15.3 Å². The predicted molar refractivity (Wildman–Crippen MR) is 120 cm³/mol. The summed E-state index contributed by atoms with van der Waals surface area (Å²) in [5, 5.41) is 19.5. The van der Waals surface area contributed by atoms with E-state index >= 15 is 0 Å². The molecule has 0 aliphatic carbocycles. The summed E-state index contributed by atoms with van der Waals surface area (Å²) in [5.41, 5.74) is 3.70. The highest BCUT2D eigenvalue weighted by Crippen LogP contribution is 2.34. The van der Waals surface area contributed by atoms with Crippen LogP contribution in [-0.2, 0) is 17.9 Å². The van der Waals surface area contributed by atoms with Gasteiger partial charge in [-0.25, -0.2) is 9.97 Å². The van der Waals surface area contributed by atoms with Crippen molar-refractivity contribution in [1.29, 1.82) is 5.26 Å². The molecule has 10 nitrogen and oxygen atoms in total. The highest BCUT2D eigenvalue weighted by Gasteiger charge is 2.35. The molecule has 0 saturated carbocycles. The monoisotopic (exact) mass is 431 g/mol. The van der Waals surface area contributed by atoms with Crippen molar-refractivity contribution in [1.82, 2.24) is 24.7 Å². The maximum absolute atomic E-state index is 12.5. The van der Waals surface area contributed by atoms with Crippen LogP contribution in [0.3, 0.4) is 0 Å². The average Bonchev–Trinajstić information content (AvgIpc) is 3.21. The van der Waals surface area contributed by atoms with Crippen LogP contribution in [0.4, 0.5) is 17.5 Å². The number of aromatic nitrogens is 5. The van der Waals surface area contributed by atoms with Gasteiger partial charge in [-0.1, -0.05) is 19.9 Å². The fourth-order valence-corrected chi connectivity index (χ4v) is 3.83. The molecule has 164 valence electrons. The van der Waals surface area contributed by atoms with Crippen LogP contribution < -0.4 is 15.5 Å². The molecule has 0 saturated heterocycles. The van der Waals surface area contributed by atoms with Crippen LogP contribution in [0.1, 0.15) is 36.4 Å². The number of hydrogen-bond acceptors (Lipinski definition) is 8. The predicted octanol–water partition coefficient (Wildman–Crippen LogP) is 2.32. The number of nitrogens with zero attached hydrogens (tertiary/aromatic N) is 7. The van der Waals surface area contributed by atoms with Gasteiger partial charge in [0.05, 0.1) is 18.4 Å². The molecule has 10 heteroatoms. The highest BCUT2D eigenvalue weighted by molar-refractivity contribution is 6.03. The Morgan fingerprint density at radius 2 is 2.06 bits per heavy atom. The topological polar surface area (TPSA) is 125 Å². The quantitative estimate of drug-likeness (QED) is 0.609. The summed E-state index contributed by atoms with van der Waals surface area (Å²) in [6, 6.07) is 5.30. The first-order chi connectivity index (χ1) is 15.4. The maximum atomic E-state index is 12.5. The minimum absolute atomic E-state index is 0.0349. The molecule has 4 heterocycles. The van der Waals surface area contributed by atoms with Gasteiger partial charge in [-0.05, 0) is 24.5 Å². The van der Waals surface area contributed by atoms with Crippen LogP contribution in [-0.4, -0.2) is 43.7 Å². The zero-order chi connectivity index (χ0) is 22.8. The molecular weight excluding hydrogens is 406 g/mol. The lowest BCUT2D eigenvalue weighted by molar-refractivity contribution is -0.118. The first-order valence-electron chi connectivity index (χ1n) is 10.4. The lowest BCUT2D eigenvalue weighted by atomic mass is 9.99. The Kier molecular flexibility index (Phi) is 5.73.